The van der Waals surface area contributed by atoms with E-state index in [0.29, 0.717) is 5.82 Å². The lowest BCUT2D eigenvalue weighted by Gasteiger charge is -2.21. The summed E-state index contributed by atoms with van der Waals surface area (Å²) in [4.78, 5) is 10.5. The Hall–Kier alpha value is -6.65. The third-order valence-electron chi connectivity index (χ3n) is 10.6. The zero-order chi connectivity index (χ0) is 34.8. The molecule has 1 aliphatic carbocycles. The molecule has 2 heterocycles. The van der Waals surface area contributed by atoms with Crippen molar-refractivity contribution in [2.75, 3.05) is 0 Å². The van der Waals surface area contributed by atoms with Crippen LogP contribution in [-0.4, -0.2) is 19.6 Å². The Bertz CT molecular complexity index is 2760. The van der Waals surface area contributed by atoms with Crippen molar-refractivity contribution in [1.82, 2.24) is 19.6 Å². The molecular formula is C48H34N4. The summed E-state index contributed by atoms with van der Waals surface area (Å²) in [6, 6.07) is 60.3. The molecule has 0 N–H and O–H groups in total. The van der Waals surface area contributed by atoms with Gasteiger partial charge in [0.05, 0.1) is 11.0 Å². The van der Waals surface area contributed by atoms with Crippen LogP contribution in [0.2, 0.25) is 0 Å². The average Bonchev–Trinajstić information content (AvgIpc) is 3.76. The Balaban J connectivity index is 1.12. The van der Waals surface area contributed by atoms with Gasteiger partial charge in [-0.15, -0.1) is 5.10 Å². The van der Waals surface area contributed by atoms with Crippen LogP contribution in [0.25, 0.3) is 83.8 Å². The van der Waals surface area contributed by atoms with Crippen molar-refractivity contribution in [2.45, 2.75) is 19.3 Å². The van der Waals surface area contributed by atoms with E-state index in [4.69, 9.17) is 15.1 Å². The van der Waals surface area contributed by atoms with Crippen LogP contribution in [0.15, 0.2) is 170 Å². The van der Waals surface area contributed by atoms with Crippen LogP contribution in [0.3, 0.4) is 0 Å². The first-order chi connectivity index (χ1) is 25.5. The first-order valence-electron chi connectivity index (χ1n) is 17.8. The summed E-state index contributed by atoms with van der Waals surface area (Å²) in [5, 5.41) is 5.16. The van der Waals surface area contributed by atoms with E-state index in [1.165, 1.54) is 44.5 Å². The molecule has 2 aromatic heterocycles. The summed E-state index contributed by atoms with van der Waals surface area (Å²) < 4.78 is 1.97. The monoisotopic (exact) mass is 666 g/mol. The highest BCUT2D eigenvalue weighted by molar-refractivity contribution is 5.89. The second kappa shape index (κ2) is 11.7. The third-order valence-corrected chi connectivity index (χ3v) is 10.6. The molecule has 4 nitrogen and oxygen atoms in total. The van der Waals surface area contributed by atoms with Crippen LogP contribution in [0, 0.1) is 0 Å². The molecule has 4 heteroatoms. The maximum atomic E-state index is 5.23. The normalized spacial score (nSPS) is 13.0. The van der Waals surface area contributed by atoms with Crippen LogP contribution in [0.4, 0.5) is 0 Å². The van der Waals surface area contributed by atoms with E-state index in [9.17, 15) is 0 Å². The summed E-state index contributed by atoms with van der Waals surface area (Å²) >= 11 is 0. The molecule has 0 fully saturated rings. The minimum atomic E-state index is -0.119. The van der Waals surface area contributed by atoms with E-state index < -0.39 is 0 Å². The van der Waals surface area contributed by atoms with Crippen LogP contribution >= 0.6 is 0 Å². The first-order valence-corrected chi connectivity index (χ1v) is 17.8. The predicted octanol–water partition coefficient (Wildman–Crippen LogP) is 11.9. The number of benzene rings is 7. The van der Waals surface area contributed by atoms with Crippen LogP contribution in [-0.2, 0) is 5.41 Å². The fourth-order valence-corrected chi connectivity index (χ4v) is 7.94. The van der Waals surface area contributed by atoms with Crippen LogP contribution in [0.5, 0.6) is 0 Å². The van der Waals surface area contributed by atoms with E-state index >= 15 is 0 Å². The second-order valence-electron chi connectivity index (χ2n) is 14.2. The maximum Gasteiger partial charge on any atom is 0.182 e. The minimum Gasteiger partial charge on any atom is -0.242 e. The molecule has 7 aromatic carbocycles. The lowest BCUT2D eigenvalue weighted by molar-refractivity contribution is 0.660. The number of para-hydroxylation sites is 2. The SMILES string of the molecule is CC1(C)c2ccccc2-c2ccc(-c3nc4ccccc4n4nc(-c5cccc(-c6cc(-c7ccccc7)cc(-c7ccccc7)c6)c5)nc34)cc21. The molecule has 0 spiro atoms. The molecule has 246 valence electrons. The molecule has 0 saturated carbocycles. The van der Waals surface area contributed by atoms with Crippen molar-refractivity contribution < 1.29 is 0 Å². The Morgan fingerprint density at radius 3 is 1.75 bits per heavy atom. The van der Waals surface area contributed by atoms with Crippen LogP contribution < -0.4 is 0 Å². The summed E-state index contributed by atoms with van der Waals surface area (Å²) in [7, 11) is 0. The van der Waals surface area contributed by atoms with Gasteiger partial charge in [-0.2, -0.15) is 0 Å². The molecule has 0 radical (unpaired) electrons. The van der Waals surface area contributed by atoms with Crippen molar-refractivity contribution in [3.8, 4) is 67.2 Å². The zero-order valence-corrected chi connectivity index (χ0v) is 29.0. The molecule has 52 heavy (non-hydrogen) atoms. The highest BCUT2D eigenvalue weighted by atomic mass is 15.3. The highest BCUT2D eigenvalue weighted by Crippen LogP contribution is 2.49. The summed E-state index contributed by atoms with van der Waals surface area (Å²) in [6.45, 7) is 4.62. The van der Waals surface area contributed by atoms with E-state index in [1.807, 2.05) is 16.6 Å². The lowest BCUT2D eigenvalue weighted by atomic mass is 9.82. The van der Waals surface area contributed by atoms with Gasteiger partial charge in [0.1, 0.15) is 5.69 Å². The summed E-state index contributed by atoms with van der Waals surface area (Å²) in [5.74, 6) is 0.664. The van der Waals surface area contributed by atoms with Gasteiger partial charge in [0, 0.05) is 16.5 Å². The van der Waals surface area contributed by atoms with Crippen molar-refractivity contribution >= 4 is 16.7 Å². The van der Waals surface area contributed by atoms with Gasteiger partial charge >= 0.3 is 0 Å². The topological polar surface area (TPSA) is 43.1 Å². The number of hydrogen-bond acceptors (Lipinski definition) is 3. The van der Waals surface area contributed by atoms with Crippen molar-refractivity contribution in [1.29, 1.82) is 0 Å². The first kappa shape index (κ1) is 30.2. The van der Waals surface area contributed by atoms with Gasteiger partial charge in [-0.3, -0.25) is 0 Å². The van der Waals surface area contributed by atoms with E-state index in [1.54, 1.807) is 0 Å². The fourth-order valence-electron chi connectivity index (χ4n) is 7.94. The lowest BCUT2D eigenvalue weighted by Crippen LogP contribution is -2.15. The van der Waals surface area contributed by atoms with Gasteiger partial charge in [0.2, 0.25) is 0 Å². The Labute approximate surface area is 302 Å². The maximum absolute atomic E-state index is 5.23. The smallest absolute Gasteiger partial charge is 0.182 e. The Kier molecular flexibility index (Phi) is 6.80. The Morgan fingerprint density at radius 1 is 0.423 bits per heavy atom. The minimum absolute atomic E-state index is 0.119. The zero-order valence-electron chi connectivity index (χ0n) is 29.0. The second-order valence-corrected chi connectivity index (χ2v) is 14.2. The van der Waals surface area contributed by atoms with Gasteiger partial charge in [-0.1, -0.05) is 141 Å². The number of hydrogen-bond donors (Lipinski definition) is 0. The average molecular weight is 667 g/mol. The van der Waals surface area contributed by atoms with Crippen molar-refractivity contribution in [3.05, 3.63) is 181 Å². The molecule has 1 aliphatic rings. The van der Waals surface area contributed by atoms with Gasteiger partial charge in [0.25, 0.3) is 0 Å². The molecule has 9 aromatic rings. The standard InChI is InChI=1S/C48H34N4/c1-48(2)41-21-10-9-20-39(41)40-25-24-34(30-42(40)48)45-47-50-46(51-52(47)44-23-12-11-22-43(44)49-45)35-19-13-18-33(26-35)38-28-36(31-14-5-3-6-15-31)27-37(29-38)32-16-7-4-8-17-32/h3-30H,1-2H3. The van der Waals surface area contributed by atoms with Gasteiger partial charge in [0.15, 0.2) is 11.5 Å². The summed E-state index contributed by atoms with van der Waals surface area (Å²) in [6.07, 6.45) is 0. The van der Waals surface area contributed by atoms with Gasteiger partial charge in [-0.25, -0.2) is 14.5 Å². The number of aromatic nitrogens is 4. The quantitative estimate of drug-likeness (QED) is 0.184. The third kappa shape index (κ3) is 4.87. The van der Waals surface area contributed by atoms with Crippen molar-refractivity contribution in [3.63, 3.8) is 0 Å². The Morgan fingerprint density at radius 2 is 1.00 bits per heavy atom. The van der Waals surface area contributed by atoms with E-state index in [-0.39, 0.29) is 5.41 Å². The fraction of sp³-hybridized carbons (Fsp3) is 0.0625. The number of fused-ring (bicyclic) bond motifs is 6. The molecule has 10 rings (SSSR count). The summed E-state index contributed by atoms with van der Waals surface area (Å²) in [5.41, 5.74) is 17.5. The molecule has 0 saturated heterocycles. The van der Waals surface area contributed by atoms with Gasteiger partial charge < -0.3 is 0 Å². The van der Waals surface area contributed by atoms with E-state index in [2.05, 4.69) is 172 Å². The predicted molar refractivity (Wildman–Crippen MR) is 213 cm³/mol. The molecule has 0 amide bonds. The largest absolute Gasteiger partial charge is 0.242 e. The van der Waals surface area contributed by atoms with Gasteiger partial charge in [-0.05, 0) is 98.1 Å². The molecule has 0 bridgehead atoms. The molecule has 0 atom stereocenters. The number of nitrogens with zero attached hydrogens (tertiary/aromatic N) is 4. The van der Waals surface area contributed by atoms with Crippen LogP contribution in [0.1, 0.15) is 25.0 Å². The number of rotatable bonds is 5. The molecule has 0 unspecified atom stereocenters. The highest BCUT2D eigenvalue weighted by Gasteiger charge is 2.35. The molecule has 0 aliphatic heterocycles. The van der Waals surface area contributed by atoms with E-state index in [0.717, 1.165) is 44.6 Å². The van der Waals surface area contributed by atoms with Crippen molar-refractivity contribution in [2.24, 2.45) is 0 Å². The molecular weight excluding hydrogens is 633 g/mol.